The van der Waals surface area contributed by atoms with E-state index in [9.17, 15) is 9.59 Å². The van der Waals surface area contributed by atoms with Gasteiger partial charge in [-0.1, -0.05) is 36.9 Å². The van der Waals surface area contributed by atoms with Crippen LogP contribution in [0.25, 0.3) is 10.9 Å². The summed E-state index contributed by atoms with van der Waals surface area (Å²) in [5.74, 6) is -0.563. The third-order valence-electron chi connectivity index (χ3n) is 3.47. The van der Waals surface area contributed by atoms with E-state index in [2.05, 4.69) is 9.98 Å². The lowest BCUT2D eigenvalue weighted by Crippen LogP contribution is -2.26. The maximum Gasteiger partial charge on any atom is 0.331 e. The molecule has 0 spiro atoms. The predicted molar refractivity (Wildman–Crippen MR) is 82.9 cm³/mol. The second kappa shape index (κ2) is 5.37. The number of nitrogens with zero attached hydrogens (tertiary/aromatic N) is 1. The number of nitrogens with one attached hydrogen (secondary N) is 1. The Balaban J connectivity index is 1.94. The van der Waals surface area contributed by atoms with Crippen molar-refractivity contribution in [3.8, 4) is 0 Å². The minimum absolute atomic E-state index is 0.0957. The van der Waals surface area contributed by atoms with E-state index >= 15 is 0 Å². The molecule has 0 bridgehead atoms. The molecule has 0 saturated carbocycles. The second-order valence-corrected chi connectivity index (χ2v) is 6.17. The number of hydrogen-bond donors (Lipinski definition) is 1. The van der Waals surface area contributed by atoms with Crippen molar-refractivity contribution in [3.05, 3.63) is 36.0 Å². The molecule has 1 aliphatic rings. The Morgan fingerprint density at radius 1 is 1.33 bits per heavy atom. The Morgan fingerprint density at radius 2 is 2.10 bits per heavy atom. The molecule has 2 aromatic rings. The van der Waals surface area contributed by atoms with Crippen LogP contribution in [0.15, 0.2) is 35.5 Å². The topological polar surface area (TPSA) is 71.5 Å². The van der Waals surface area contributed by atoms with Gasteiger partial charge in [0, 0.05) is 22.3 Å². The zero-order valence-electron chi connectivity index (χ0n) is 11.6. The van der Waals surface area contributed by atoms with Crippen molar-refractivity contribution in [2.24, 2.45) is 4.99 Å². The van der Waals surface area contributed by atoms with E-state index < -0.39 is 12.0 Å². The molecule has 2 unspecified atom stereocenters. The van der Waals surface area contributed by atoms with Crippen molar-refractivity contribution >= 4 is 39.5 Å². The molecule has 0 aliphatic carbocycles. The molecule has 2 heterocycles. The highest BCUT2D eigenvalue weighted by molar-refractivity contribution is 8.16. The first kappa shape index (κ1) is 13.9. The molecule has 0 amide bonds. The summed E-state index contributed by atoms with van der Waals surface area (Å²) in [7, 11) is 1.33. The van der Waals surface area contributed by atoms with E-state index in [1.165, 1.54) is 18.9 Å². The van der Waals surface area contributed by atoms with Crippen molar-refractivity contribution in [1.82, 2.24) is 4.98 Å². The van der Waals surface area contributed by atoms with Gasteiger partial charge in [-0.05, 0) is 6.07 Å². The third kappa shape index (κ3) is 2.35. The van der Waals surface area contributed by atoms with Gasteiger partial charge in [-0.2, -0.15) is 0 Å². The fourth-order valence-electron chi connectivity index (χ4n) is 2.35. The summed E-state index contributed by atoms with van der Waals surface area (Å²) in [6, 6.07) is 6.99. The maximum absolute atomic E-state index is 12.6. The van der Waals surface area contributed by atoms with Crippen molar-refractivity contribution < 1.29 is 14.3 Å². The van der Waals surface area contributed by atoms with Gasteiger partial charge in [0.25, 0.3) is 0 Å². The Hall–Kier alpha value is -2.08. The van der Waals surface area contributed by atoms with Crippen molar-refractivity contribution in [1.29, 1.82) is 0 Å². The van der Waals surface area contributed by atoms with E-state index in [0.717, 1.165) is 10.9 Å². The first-order valence-electron chi connectivity index (χ1n) is 6.55. The predicted octanol–water partition coefficient (Wildman–Crippen LogP) is 2.43. The summed E-state index contributed by atoms with van der Waals surface area (Å²) in [5, 5.41) is 1.13. The molecule has 108 valence electrons. The number of aliphatic imine (C=N–C) groups is 1. The van der Waals surface area contributed by atoms with Gasteiger partial charge in [0.2, 0.25) is 5.78 Å². The molecular weight excluding hydrogens is 288 g/mol. The number of ketones is 1. The number of methoxy groups -OCH3 is 1. The molecule has 21 heavy (non-hydrogen) atoms. The van der Waals surface area contributed by atoms with Crippen molar-refractivity contribution in [3.63, 3.8) is 0 Å². The first-order chi connectivity index (χ1) is 10.1. The normalized spacial score (nSPS) is 21.3. The number of aromatic nitrogens is 1. The van der Waals surface area contributed by atoms with Crippen LogP contribution in [0.3, 0.4) is 0 Å². The summed E-state index contributed by atoms with van der Waals surface area (Å²) >= 11 is 1.32. The smallest absolute Gasteiger partial charge is 0.331 e. The number of carbonyl (C=O) groups is 2. The fraction of sp³-hybridized carbons (Fsp3) is 0.267. The van der Waals surface area contributed by atoms with E-state index in [-0.39, 0.29) is 11.0 Å². The van der Waals surface area contributed by atoms with Crippen LogP contribution < -0.4 is 0 Å². The van der Waals surface area contributed by atoms with E-state index in [4.69, 9.17) is 4.74 Å². The second-order valence-electron chi connectivity index (χ2n) is 4.80. The van der Waals surface area contributed by atoms with Crippen LogP contribution in [0.4, 0.5) is 0 Å². The molecule has 1 aromatic heterocycles. The number of ether oxygens (including phenoxy) is 1. The van der Waals surface area contributed by atoms with Crippen LogP contribution in [-0.2, 0) is 9.53 Å². The van der Waals surface area contributed by atoms with Gasteiger partial charge >= 0.3 is 5.97 Å². The quantitative estimate of drug-likeness (QED) is 0.698. The maximum atomic E-state index is 12.6. The van der Waals surface area contributed by atoms with Gasteiger partial charge in [0.05, 0.1) is 12.7 Å². The number of thioether (sulfide) groups is 1. The number of aromatic amines is 1. The Morgan fingerprint density at radius 3 is 2.86 bits per heavy atom. The van der Waals surface area contributed by atoms with Gasteiger partial charge in [0.1, 0.15) is 5.04 Å². The molecule has 5 nitrogen and oxygen atoms in total. The number of H-pyrrole nitrogens is 1. The largest absolute Gasteiger partial charge is 0.467 e. The summed E-state index contributed by atoms with van der Waals surface area (Å²) in [4.78, 5) is 31.5. The number of Topliss-reactive ketones (excluding diaryl/α,β-unsaturated/α-hetero) is 1. The van der Waals surface area contributed by atoms with E-state index in [1.807, 2.05) is 31.2 Å². The molecule has 1 aliphatic heterocycles. The Bertz CT molecular complexity index is 750. The van der Waals surface area contributed by atoms with Crippen molar-refractivity contribution in [2.45, 2.75) is 18.2 Å². The van der Waals surface area contributed by atoms with E-state index in [0.29, 0.717) is 10.6 Å². The molecule has 6 heteroatoms. The lowest BCUT2D eigenvalue weighted by atomic mass is 10.1. The summed E-state index contributed by atoms with van der Waals surface area (Å²) in [6.45, 7) is 1.87. The zero-order valence-corrected chi connectivity index (χ0v) is 12.4. The first-order valence-corrected chi connectivity index (χ1v) is 7.43. The van der Waals surface area contributed by atoms with Crippen LogP contribution in [0.2, 0.25) is 0 Å². The number of para-hydroxylation sites is 1. The fourth-order valence-corrected chi connectivity index (χ4v) is 3.40. The number of benzene rings is 1. The van der Waals surface area contributed by atoms with Gasteiger partial charge in [-0.3, -0.25) is 9.79 Å². The standard InChI is InChI=1S/C15H14N2O3S/c1-8-12(15(19)20-2)17-14(21-8)13(18)10-7-16-11-6-4-3-5-9(10)11/h3-8,12,16H,1-2H3. The van der Waals surface area contributed by atoms with Crippen LogP contribution >= 0.6 is 11.8 Å². The van der Waals surface area contributed by atoms with Gasteiger partial charge in [0.15, 0.2) is 6.04 Å². The number of esters is 1. The minimum atomic E-state index is -0.607. The lowest BCUT2D eigenvalue weighted by molar-refractivity contribution is -0.141. The van der Waals surface area contributed by atoms with Gasteiger partial charge < -0.3 is 9.72 Å². The number of carbonyl (C=O) groups excluding carboxylic acids is 2. The average molecular weight is 302 g/mol. The Labute approximate surface area is 125 Å². The highest BCUT2D eigenvalue weighted by Crippen LogP contribution is 2.30. The van der Waals surface area contributed by atoms with Crippen LogP contribution in [-0.4, -0.2) is 40.2 Å². The van der Waals surface area contributed by atoms with Gasteiger partial charge in [-0.15, -0.1) is 0 Å². The zero-order chi connectivity index (χ0) is 15.0. The van der Waals surface area contributed by atoms with Gasteiger partial charge in [-0.25, -0.2) is 4.79 Å². The monoisotopic (exact) mass is 302 g/mol. The minimum Gasteiger partial charge on any atom is -0.467 e. The van der Waals surface area contributed by atoms with Crippen LogP contribution in [0, 0.1) is 0 Å². The third-order valence-corrected chi connectivity index (χ3v) is 4.61. The lowest BCUT2D eigenvalue weighted by Gasteiger charge is -2.08. The summed E-state index contributed by atoms with van der Waals surface area (Å²) < 4.78 is 4.72. The van der Waals surface area contributed by atoms with Crippen LogP contribution in [0.5, 0.6) is 0 Å². The molecule has 0 fully saturated rings. The van der Waals surface area contributed by atoms with E-state index in [1.54, 1.807) is 6.20 Å². The summed E-state index contributed by atoms with van der Waals surface area (Å²) in [6.07, 6.45) is 1.69. The number of fused-ring (bicyclic) bond motifs is 1. The van der Waals surface area contributed by atoms with Crippen molar-refractivity contribution in [2.75, 3.05) is 7.11 Å². The molecule has 0 radical (unpaired) electrons. The Kier molecular flexibility index (Phi) is 3.55. The molecule has 3 rings (SSSR count). The molecule has 2 atom stereocenters. The summed E-state index contributed by atoms with van der Waals surface area (Å²) in [5.41, 5.74) is 1.48. The number of rotatable bonds is 3. The molecule has 0 saturated heterocycles. The SMILES string of the molecule is COC(=O)C1N=C(C(=O)c2c[nH]c3ccccc23)SC1C. The average Bonchev–Trinajstić information content (AvgIpc) is 3.09. The molecular formula is C15H14N2O3S. The molecule has 1 aromatic carbocycles. The number of hydrogen-bond acceptors (Lipinski definition) is 5. The highest BCUT2D eigenvalue weighted by Gasteiger charge is 2.36. The molecule has 1 N–H and O–H groups in total. The van der Waals surface area contributed by atoms with Crippen LogP contribution in [0.1, 0.15) is 17.3 Å². The highest BCUT2D eigenvalue weighted by atomic mass is 32.2.